The average Bonchev–Trinajstić information content (AvgIpc) is 3.29. The molecule has 0 atom stereocenters. The summed E-state index contributed by atoms with van der Waals surface area (Å²) in [5.41, 5.74) is 1.75. The third kappa shape index (κ3) is 6.53. The molecule has 3 aromatic rings. The molecule has 0 fully saturated rings. The van der Waals surface area contributed by atoms with Crippen LogP contribution in [0.15, 0.2) is 49.1 Å². The van der Waals surface area contributed by atoms with E-state index in [1.54, 1.807) is 24.3 Å². The minimum atomic E-state index is -1.30. The molecule has 1 aromatic heterocycles. The van der Waals surface area contributed by atoms with Crippen molar-refractivity contribution in [3.8, 4) is 5.69 Å². The van der Waals surface area contributed by atoms with E-state index in [-0.39, 0.29) is 11.4 Å². The Hall–Kier alpha value is -3.92. The smallest absolute Gasteiger partial charge is 0.409 e. The van der Waals surface area contributed by atoms with Crippen LogP contribution < -0.4 is 16.0 Å². The van der Waals surface area contributed by atoms with E-state index in [9.17, 15) is 14.4 Å². The van der Waals surface area contributed by atoms with E-state index in [4.69, 9.17) is 16.7 Å². The first-order valence-corrected chi connectivity index (χ1v) is 10.5. The van der Waals surface area contributed by atoms with Crippen molar-refractivity contribution in [3.05, 3.63) is 59.6 Å². The molecule has 10 nitrogen and oxygen atoms in total. The highest BCUT2D eigenvalue weighted by molar-refractivity contribution is 6.34. The van der Waals surface area contributed by atoms with E-state index in [2.05, 4.69) is 26.0 Å². The Labute approximate surface area is 195 Å². The zero-order valence-corrected chi connectivity index (χ0v) is 18.8. The Morgan fingerprint density at radius 3 is 2.52 bits per heavy atom. The van der Waals surface area contributed by atoms with Crippen molar-refractivity contribution in [2.45, 2.75) is 20.3 Å². The van der Waals surface area contributed by atoms with Crippen LogP contribution in [0.3, 0.4) is 0 Å². The van der Waals surface area contributed by atoms with Crippen molar-refractivity contribution in [2.75, 3.05) is 22.5 Å². The van der Waals surface area contributed by atoms with Gasteiger partial charge in [-0.3, -0.25) is 14.9 Å². The number of ketones is 1. The first-order valence-electron chi connectivity index (χ1n) is 10.1. The highest BCUT2D eigenvalue weighted by Crippen LogP contribution is 2.33. The Morgan fingerprint density at radius 1 is 1.09 bits per heavy atom. The normalized spacial score (nSPS) is 10.7. The second kappa shape index (κ2) is 10.6. The first kappa shape index (κ1) is 23.7. The number of carbonyl (C=O) groups excluding carboxylic acids is 2. The summed E-state index contributed by atoms with van der Waals surface area (Å²) < 4.78 is 1.50. The lowest BCUT2D eigenvalue weighted by molar-refractivity contribution is -0.115. The van der Waals surface area contributed by atoms with Crippen LogP contribution in [-0.2, 0) is 4.79 Å². The summed E-state index contributed by atoms with van der Waals surface area (Å²) in [7, 11) is 0. The number of hydrogen-bond donors (Lipinski definition) is 4. The fourth-order valence-electron chi connectivity index (χ4n) is 2.95. The van der Waals surface area contributed by atoms with Crippen molar-refractivity contribution >= 4 is 46.4 Å². The monoisotopic (exact) mass is 470 g/mol. The van der Waals surface area contributed by atoms with Crippen molar-refractivity contribution in [2.24, 2.45) is 5.92 Å². The summed E-state index contributed by atoms with van der Waals surface area (Å²) >= 11 is 6.30. The fraction of sp³-hybridized carbons (Fsp3) is 0.227. The molecular weight excluding hydrogens is 448 g/mol. The largest absolute Gasteiger partial charge is 0.465 e. The maximum atomic E-state index is 12.6. The molecular formula is C22H23ClN6O4. The summed E-state index contributed by atoms with van der Waals surface area (Å²) in [4.78, 5) is 40.3. The molecule has 0 radical (unpaired) electrons. The summed E-state index contributed by atoms with van der Waals surface area (Å²) in [6, 6.07) is 9.57. The minimum Gasteiger partial charge on any atom is -0.465 e. The van der Waals surface area contributed by atoms with Gasteiger partial charge >= 0.3 is 6.09 Å². The summed E-state index contributed by atoms with van der Waals surface area (Å²) in [6.07, 6.45) is 1.12. The van der Waals surface area contributed by atoms with Crippen molar-refractivity contribution in [1.29, 1.82) is 0 Å². The molecule has 0 aliphatic rings. The molecule has 0 saturated carbocycles. The van der Waals surface area contributed by atoms with Crippen LogP contribution in [0.5, 0.6) is 0 Å². The van der Waals surface area contributed by atoms with Gasteiger partial charge in [-0.1, -0.05) is 37.6 Å². The molecule has 2 aromatic carbocycles. The second-order valence-corrected chi connectivity index (χ2v) is 8.03. The number of benzene rings is 2. The predicted molar refractivity (Wildman–Crippen MR) is 125 cm³/mol. The van der Waals surface area contributed by atoms with E-state index in [0.717, 1.165) is 0 Å². The third-order valence-corrected chi connectivity index (χ3v) is 4.81. The standard InChI is InChI=1S/C22H23ClN6O4/c1-13(2)10-25-17-8-19(28-22(32)33)18(7-16(17)23)27-21(31)9-20(30)14-4-3-5-15(6-14)29-12-24-11-26-29/h3-8,11-13,25,28H,9-10H2,1-2H3,(H,27,31)(H,32,33). The number of halogens is 1. The van der Waals surface area contributed by atoms with Crippen LogP contribution in [0.2, 0.25) is 5.02 Å². The van der Waals surface area contributed by atoms with Crippen molar-refractivity contribution in [1.82, 2.24) is 14.8 Å². The summed E-state index contributed by atoms with van der Waals surface area (Å²) in [6.45, 7) is 4.66. The Bertz CT molecular complexity index is 1160. The number of nitrogens with one attached hydrogen (secondary N) is 3. The van der Waals surface area contributed by atoms with E-state index >= 15 is 0 Å². The first-order chi connectivity index (χ1) is 15.7. The van der Waals surface area contributed by atoms with Crippen LogP contribution in [0.1, 0.15) is 30.6 Å². The lowest BCUT2D eigenvalue weighted by Crippen LogP contribution is -2.19. The highest BCUT2D eigenvalue weighted by Gasteiger charge is 2.17. The van der Waals surface area contributed by atoms with Gasteiger partial charge in [-0.05, 0) is 30.2 Å². The zero-order valence-electron chi connectivity index (χ0n) is 18.0. The molecule has 11 heteroatoms. The van der Waals surface area contributed by atoms with Gasteiger partial charge in [0.25, 0.3) is 0 Å². The Balaban J connectivity index is 1.75. The van der Waals surface area contributed by atoms with Gasteiger partial charge in [0.05, 0.1) is 34.2 Å². The highest BCUT2D eigenvalue weighted by atomic mass is 35.5. The molecule has 2 amide bonds. The number of rotatable bonds is 9. The predicted octanol–water partition coefficient (Wildman–Crippen LogP) is 4.29. The molecule has 0 aliphatic heterocycles. The van der Waals surface area contributed by atoms with Crippen LogP contribution in [-0.4, -0.2) is 44.2 Å². The quantitative estimate of drug-likeness (QED) is 0.270. The van der Waals surface area contributed by atoms with Gasteiger partial charge in [0.2, 0.25) is 5.91 Å². The number of Topliss-reactive ketones (excluding diaryl/α,β-unsaturated/α-hetero) is 1. The summed E-state index contributed by atoms with van der Waals surface area (Å²) in [5, 5.41) is 21.4. The Morgan fingerprint density at radius 2 is 1.85 bits per heavy atom. The number of nitrogens with zero attached hydrogens (tertiary/aromatic N) is 3. The minimum absolute atomic E-state index is 0.132. The number of carboxylic acid groups (broad SMARTS) is 1. The van der Waals surface area contributed by atoms with Crippen LogP contribution in [0, 0.1) is 5.92 Å². The fourth-order valence-corrected chi connectivity index (χ4v) is 3.18. The van der Waals surface area contributed by atoms with Gasteiger partial charge < -0.3 is 15.7 Å². The van der Waals surface area contributed by atoms with Gasteiger partial charge in [-0.25, -0.2) is 14.5 Å². The van der Waals surface area contributed by atoms with Gasteiger partial charge in [-0.2, -0.15) is 5.10 Å². The molecule has 0 bridgehead atoms. The van der Waals surface area contributed by atoms with E-state index in [1.165, 1.54) is 29.5 Å². The summed E-state index contributed by atoms with van der Waals surface area (Å²) in [5.74, 6) is -0.688. The third-order valence-electron chi connectivity index (χ3n) is 4.50. The molecule has 1 heterocycles. The zero-order chi connectivity index (χ0) is 24.0. The van der Waals surface area contributed by atoms with Gasteiger partial charge in [0.1, 0.15) is 12.7 Å². The van der Waals surface area contributed by atoms with Gasteiger partial charge in [-0.15, -0.1) is 0 Å². The van der Waals surface area contributed by atoms with E-state index in [1.807, 2.05) is 13.8 Å². The topological polar surface area (TPSA) is 138 Å². The SMILES string of the molecule is CC(C)CNc1cc(NC(=O)O)c(NC(=O)CC(=O)c2cccc(-n3cncn3)c2)cc1Cl. The van der Waals surface area contributed by atoms with Crippen LogP contribution >= 0.6 is 11.6 Å². The molecule has 33 heavy (non-hydrogen) atoms. The lowest BCUT2D eigenvalue weighted by atomic mass is 10.1. The van der Waals surface area contributed by atoms with Gasteiger partial charge in [0.15, 0.2) is 5.78 Å². The van der Waals surface area contributed by atoms with Gasteiger partial charge in [0, 0.05) is 12.1 Å². The molecule has 0 saturated heterocycles. The number of amides is 2. The van der Waals surface area contributed by atoms with E-state index < -0.39 is 24.2 Å². The molecule has 3 rings (SSSR count). The van der Waals surface area contributed by atoms with Crippen LogP contribution in [0.25, 0.3) is 5.69 Å². The number of anilines is 3. The maximum Gasteiger partial charge on any atom is 0.409 e. The molecule has 0 spiro atoms. The molecule has 172 valence electrons. The Kier molecular flexibility index (Phi) is 7.62. The maximum absolute atomic E-state index is 12.6. The van der Waals surface area contributed by atoms with E-state index in [0.29, 0.717) is 34.4 Å². The van der Waals surface area contributed by atoms with Crippen LogP contribution in [0.4, 0.5) is 21.9 Å². The lowest BCUT2D eigenvalue weighted by Gasteiger charge is -2.16. The van der Waals surface area contributed by atoms with Crippen molar-refractivity contribution < 1.29 is 19.5 Å². The average molecular weight is 471 g/mol. The molecule has 4 N–H and O–H groups in total. The molecule has 0 aliphatic carbocycles. The number of aromatic nitrogens is 3. The number of carbonyl (C=O) groups is 3. The molecule has 0 unspecified atom stereocenters. The van der Waals surface area contributed by atoms with Crippen molar-refractivity contribution in [3.63, 3.8) is 0 Å². The number of hydrogen-bond acceptors (Lipinski definition) is 6. The second-order valence-electron chi connectivity index (χ2n) is 7.62.